The van der Waals surface area contributed by atoms with Crippen LogP contribution in [-0.4, -0.2) is 36.0 Å². The highest BCUT2D eigenvalue weighted by molar-refractivity contribution is 5.95. The molecule has 2 saturated heterocycles. The highest BCUT2D eigenvalue weighted by atomic mass is 16.2. The van der Waals surface area contributed by atoms with Crippen LogP contribution in [0, 0.1) is 11.3 Å². The molecule has 4 heteroatoms. The molecular formula is C17H23N3O. The van der Waals surface area contributed by atoms with Gasteiger partial charge in [-0.15, -0.1) is 0 Å². The molecule has 0 aromatic heterocycles. The standard InChI is InChI=1S/C15H17N3O.C2H6/c16-8-7-11-1-3-12(4-2-11)15(19)18-13-5-6-14(18)10-17-9-13;1-2/h1-4,13-14,17H,5-7,9-10H2;1-2H3. The van der Waals surface area contributed by atoms with Crippen LogP contribution in [0.5, 0.6) is 0 Å². The van der Waals surface area contributed by atoms with Gasteiger partial charge in [0.25, 0.3) is 5.91 Å². The molecule has 4 nitrogen and oxygen atoms in total. The fourth-order valence-electron chi connectivity index (χ4n) is 3.12. The number of piperazine rings is 1. The minimum Gasteiger partial charge on any atom is -0.330 e. The van der Waals surface area contributed by atoms with Crippen molar-refractivity contribution in [2.45, 2.75) is 45.2 Å². The van der Waals surface area contributed by atoms with Crippen molar-refractivity contribution < 1.29 is 4.79 Å². The predicted octanol–water partition coefficient (Wildman–Crippen LogP) is 2.36. The zero-order valence-corrected chi connectivity index (χ0v) is 12.8. The van der Waals surface area contributed by atoms with Crippen molar-refractivity contribution in [3.8, 4) is 6.07 Å². The first-order chi connectivity index (χ1) is 10.3. The summed E-state index contributed by atoms with van der Waals surface area (Å²) in [4.78, 5) is 14.6. The zero-order valence-electron chi connectivity index (χ0n) is 12.8. The van der Waals surface area contributed by atoms with Crippen molar-refractivity contribution in [2.24, 2.45) is 0 Å². The lowest BCUT2D eigenvalue weighted by Gasteiger charge is -2.35. The van der Waals surface area contributed by atoms with Gasteiger partial charge in [0.1, 0.15) is 0 Å². The maximum atomic E-state index is 12.6. The lowest BCUT2D eigenvalue weighted by molar-refractivity contribution is 0.0619. The Bertz CT molecular complexity index is 502. The summed E-state index contributed by atoms with van der Waals surface area (Å²) in [6.07, 6.45) is 2.61. The van der Waals surface area contributed by atoms with E-state index in [1.807, 2.05) is 38.1 Å². The lowest BCUT2D eigenvalue weighted by atomic mass is 10.1. The number of nitrogens with one attached hydrogen (secondary N) is 1. The van der Waals surface area contributed by atoms with E-state index in [-0.39, 0.29) is 5.91 Å². The van der Waals surface area contributed by atoms with Gasteiger partial charge in [-0.25, -0.2) is 0 Å². The van der Waals surface area contributed by atoms with Gasteiger partial charge in [0, 0.05) is 30.7 Å². The number of carbonyl (C=O) groups is 1. The van der Waals surface area contributed by atoms with Gasteiger partial charge < -0.3 is 10.2 Å². The van der Waals surface area contributed by atoms with E-state index < -0.39 is 0 Å². The van der Waals surface area contributed by atoms with Gasteiger partial charge in [-0.05, 0) is 30.5 Å². The summed E-state index contributed by atoms with van der Waals surface area (Å²) >= 11 is 0. The molecule has 1 aromatic rings. The van der Waals surface area contributed by atoms with Crippen molar-refractivity contribution in [3.05, 3.63) is 35.4 Å². The summed E-state index contributed by atoms with van der Waals surface area (Å²) in [6.45, 7) is 5.82. The van der Waals surface area contributed by atoms with Crippen LogP contribution in [0.3, 0.4) is 0 Å². The minimum atomic E-state index is 0.137. The third-order valence-corrected chi connectivity index (χ3v) is 4.10. The topological polar surface area (TPSA) is 56.1 Å². The van der Waals surface area contributed by atoms with Crippen LogP contribution in [0.25, 0.3) is 0 Å². The van der Waals surface area contributed by atoms with Crippen molar-refractivity contribution >= 4 is 5.91 Å². The second-order valence-electron chi connectivity index (χ2n) is 5.29. The molecule has 0 radical (unpaired) electrons. The number of nitriles is 1. The molecule has 2 fully saturated rings. The monoisotopic (exact) mass is 285 g/mol. The molecule has 21 heavy (non-hydrogen) atoms. The van der Waals surface area contributed by atoms with Crippen LogP contribution in [0.4, 0.5) is 0 Å². The molecule has 2 heterocycles. The fraction of sp³-hybridized carbons (Fsp3) is 0.529. The number of benzene rings is 1. The molecule has 2 aliphatic rings. The molecule has 1 N–H and O–H groups in total. The fourth-order valence-corrected chi connectivity index (χ4v) is 3.12. The quantitative estimate of drug-likeness (QED) is 0.907. The van der Waals surface area contributed by atoms with Crippen molar-refractivity contribution in [1.82, 2.24) is 10.2 Å². The molecule has 2 bridgehead atoms. The Morgan fingerprint density at radius 1 is 1.24 bits per heavy atom. The number of hydrogen-bond acceptors (Lipinski definition) is 3. The molecular weight excluding hydrogens is 262 g/mol. The molecule has 1 amide bonds. The van der Waals surface area contributed by atoms with E-state index in [0.29, 0.717) is 18.5 Å². The number of rotatable bonds is 2. The Kier molecular flexibility index (Phi) is 5.35. The average molecular weight is 285 g/mol. The number of nitrogens with zero attached hydrogens (tertiary/aromatic N) is 2. The van der Waals surface area contributed by atoms with E-state index >= 15 is 0 Å². The van der Waals surface area contributed by atoms with E-state index in [1.54, 1.807) is 0 Å². The van der Waals surface area contributed by atoms with Gasteiger partial charge in [0.15, 0.2) is 0 Å². The Hall–Kier alpha value is -1.86. The normalized spacial score (nSPS) is 23.0. The largest absolute Gasteiger partial charge is 0.330 e. The second-order valence-corrected chi connectivity index (χ2v) is 5.29. The van der Waals surface area contributed by atoms with E-state index in [1.165, 1.54) is 0 Å². The van der Waals surface area contributed by atoms with E-state index in [2.05, 4.69) is 16.3 Å². The van der Waals surface area contributed by atoms with Crippen molar-refractivity contribution in [2.75, 3.05) is 13.1 Å². The lowest BCUT2D eigenvalue weighted by Crippen LogP contribution is -2.54. The maximum Gasteiger partial charge on any atom is 0.254 e. The highest BCUT2D eigenvalue weighted by Crippen LogP contribution is 2.28. The maximum absolute atomic E-state index is 12.6. The second kappa shape index (κ2) is 7.24. The molecule has 0 saturated carbocycles. The van der Waals surface area contributed by atoms with Gasteiger partial charge in [-0.3, -0.25) is 4.79 Å². The average Bonchev–Trinajstić information content (AvgIpc) is 2.78. The van der Waals surface area contributed by atoms with Crippen LogP contribution in [0.2, 0.25) is 0 Å². The number of amides is 1. The van der Waals surface area contributed by atoms with Gasteiger partial charge in [0.05, 0.1) is 12.5 Å². The van der Waals surface area contributed by atoms with Gasteiger partial charge in [-0.1, -0.05) is 26.0 Å². The first kappa shape index (κ1) is 15.5. The Morgan fingerprint density at radius 2 is 1.81 bits per heavy atom. The summed E-state index contributed by atoms with van der Waals surface area (Å²) in [5, 5.41) is 12.0. The van der Waals surface area contributed by atoms with Gasteiger partial charge in [-0.2, -0.15) is 5.26 Å². The Balaban J connectivity index is 0.000000774. The molecule has 2 aliphatic heterocycles. The third kappa shape index (κ3) is 3.25. The first-order valence-electron chi connectivity index (χ1n) is 7.79. The molecule has 112 valence electrons. The predicted molar refractivity (Wildman–Crippen MR) is 83.0 cm³/mol. The van der Waals surface area contributed by atoms with Crippen LogP contribution in [0.1, 0.15) is 42.6 Å². The smallest absolute Gasteiger partial charge is 0.254 e. The molecule has 0 aliphatic carbocycles. The van der Waals surface area contributed by atoms with E-state index in [0.717, 1.165) is 37.1 Å². The van der Waals surface area contributed by atoms with Crippen LogP contribution in [-0.2, 0) is 6.42 Å². The van der Waals surface area contributed by atoms with Crippen LogP contribution in [0.15, 0.2) is 24.3 Å². The van der Waals surface area contributed by atoms with Gasteiger partial charge in [0.2, 0.25) is 0 Å². The Morgan fingerprint density at radius 3 is 2.33 bits per heavy atom. The molecule has 2 atom stereocenters. The summed E-state index contributed by atoms with van der Waals surface area (Å²) in [5.41, 5.74) is 1.70. The third-order valence-electron chi connectivity index (χ3n) is 4.10. The summed E-state index contributed by atoms with van der Waals surface area (Å²) < 4.78 is 0. The SMILES string of the molecule is CC.N#CCc1ccc(C(=O)N2C3CCC2CNC3)cc1. The van der Waals surface area contributed by atoms with E-state index in [9.17, 15) is 4.79 Å². The highest BCUT2D eigenvalue weighted by Gasteiger charge is 2.39. The van der Waals surface area contributed by atoms with E-state index in [4.69, 9.17) is 5.26 Å². The molecule has 0 spiro atoms. The number of fused-ring (bicyclic) bond motifs is 2. The number of carbonyl (C=O) groups excluding carboxylic acids is 1. The summed E-state index contributed by atoms with van der Waals surface area (Å²) in [6, 6.07) is 10.3. The summed E-state index contributed by atoms with van der Waals surface area (Å²) in [7, 11) is 0. The Labute approximate surface area is 126 Å². The molecule has 2 unspecified atom stereocenters. The molecule has 3 rings (SSSR count). The van der Waals surface area contributed by atoms with Crippen LogP contribution < -0.4 is 5.32 Å². The minimum absolute atomic E-state index is 0.137. The zero-order chi connectivity index (χ0) is 15.2. The number of hydrogen-bond donors (Lipinski definition) is 1. The van der Waals surface area contributed by atoms with Crippen molar-refractivity contribution in [3.63, 3.8) is 0 Å². The molecule has 1 aromatic carbocycles. The van der Waals surface area contributed by atoms with Crippen LogP contribution >= 0.6 is 0 Å². The van der Waals surface area contributed by atoms with Crippen molar-refractivity contribution in [1.29, 1.82) is 5.26 Å². The summed E-state index contributed by atoms with van der Waals surface area (Å²) in [5.74, 6) is 0.137. The van der Waals surface area contributed by atoms with Gasteiger partial charge >= 0.3 is 0 Å². The first-order valence-corrected chi connectivity index (χ1v) is 7.79.